The van der Waals surface area contributed by atoms with Gasteiger partial charge in [0.15, 0.2) is 5.78 Å². The molecule has 0 spiro atoms. The first-order valence-corrected chi connectivity index (χ1v) is 9.02. The molecule has 0 aliphatic heterocycles. The zero-order chi connectivity index (χ0) is 18.1. The number of rotatable bonds is 4. The number of imidazole rings is 1. The van der Waals surface area contributed by atoms with E-state index in [9.17, 15) is 14.9 Å². The van der Waals surface area contributed by atoms with Crippen LogP contribution in [0.5, 0.6) is 0 Å². The number of thiophene rings is 1. The molecule has 130 valence electrons. The molecule has 2 aromatic heterocycles. The van der Waals surface area contributed by atoms with Crippen LogP contribution in [0.15, 0.2) is 66.4 Å². The summed E-state index contributed by atoms with van der Waals surface area (Å²) in [6.07, 6.45) is 5.07. The van der Waals surface area contributed by atoms with Gasteiger partial charge >= 0.3 is 5.82 Å². The van der Waals surface area contributed by atoms with Crippen LogP contribution in [0.2, 0.25) is 0 Å². The average Bonchev–Trinajstić information content (AvgIpc) is 3.34. The fourth-order valence-electron chi connectivity index (χ4n) is 3.42. The van der Waals surface area contributed by atoms with E-state index in [1.54, 1.807) is 22.0 Å². The first kappa shape index (κ1) is 16.4. The predicted octanol–water partition coefficient (Wildman–Crippen LogP) is 4.23. The quantitative estimate of drug-likeness (QED) is 0.512. The lowest BCUT2D eigenvalue weighted by atomic mass is 9.79. The maximum atomic E-state index is 13.0. The summed E-state index contributed by atoms with van der Waals surface area (Å²) in [6, 6.07) is 13.2. The summed E-state index contributed by atoms with van der Waals surface area (Å²) < 4.78 is 1.57. The maximum absolute atomic E-state index is 13.0. The van der Waals surface area contributed by atoms with E-state index in [1.165, 1.54) is 12.5 Å². The van der Waals surface area contributed by atoms with E-state index in [4.69, 9.17) is 0 Å². The molecule has 0 unspecified atom stereocenters. The largest absolute Gasteiger partial charge is 0.381 e. The fraction of sp³-hybridized carbons (Fsp3) is 0.158. The van der Waals surface area contributed by atoms with Gasteiger partial charge in [0, 0.05) is 10.8 Å². The molecular weight excluding hydrogens is 350 g/mol. The van der Waals surface area contributed by atoms with E-state index in [1.807, 2.05) is 47.8 Å². The van der Waals surface area contributed by atoms with Crippen molar-refractivity contribution in [2.75, 3.05) is 0 Å². The van der Waals surface area contributed by atoms with Gasteiger partial charge in [0.1, 0.15) is 12.2 Å². The second-order valence-electron chi connectivity index (χ2n) is 6.15. The topological polar surface area (TPSA) is 78.0 Å². The van der Waals surface area contributed by atoms with Crippen molar-refractivity contribution in [3.8, 4) is 0 Å². The SMILES string of the molecule is O=C1C=C(c2cccs2)C[C@@H](c2ccccc2)[C@H]1n1cnc([N+](=O)[O-])c1. The Morgan fingerprint density at radius 2 is 2.00 bits per heavy atom. The highest BCUT2D eigenvalue weighted by molar-refractivity contribution is 7.11. The van der Waals surface area contributed by atoms with E-state index in [0.717, 1.165) is 16.0 Å². The van der Waals surface area contributed by atoms with Crippen molar-refractivity contribution in [3.63, 3.8) is 0 Å². The van der Waals surface area contributed by atoms with Crippen LogP contribution in [0.1, 0.15) is 28.8 Å². The fourth-order valence-corrected chi connectivity index (χ4v) is 4.18. The molecule has 4 rings (SSSR count). The summed E-state index contributed by atoms with van der Waals surface area (Å²) in [5.41, 5.74) is 2.04. The number of nitrogens with zero attached hydrogens (tertiary/aromatic N) is 3. The van der Waals surface area contributed by atoms with Crippen molar-refractivity contribution in [2.45, 2.75) is 18.4 Å². The summed E-state index contributed by atoms with van der Waals surface area (Å²) in [4.78, 5) is 28.3. The molecule has 0 N–H and O–H groups in total. The molecule has 3 aromatic rings. The number of nitro groups is 1. The molecule has 1 aromatic carbocycles. The van der Waals surface area contributed by atoms with Crippen LogP contribution >= 0.6 is 11.3 Å². The first-order valence-electron chi connectivity index (χ1n) is 8.14. The molecule has 6 nitrogen and oxygen atoms in total. The van der Waals surface area contributed by atoms with Crippen molar-refractivity contribution in [1.82, 2.24) is 9.55 Å². The van der Waals surface area contributed by atoms with Gasteiger partial charge < -0.3 is 10.1 Å². The van der Waals surface area contributed by atoms with Crippen molar-refractivity contribution in [1.29, 1.82) is 0 Å². The molecule has 0 fully saturated rings. The number of aromatic nitrogens is 2. The van der Waals surface area contributed by atoms with E-state index >= 15 is 0 Å². The van der Waals surface area contributed by atoms with Gasteiger partial charge in [-0.1, -0.05) is 36.4 Å². The van der Waals surface area contributed by atoms with Gasteiger partial charge in [-0.25, -0.2) is 0 Å². The molecule has 0 amide bonds. The Bertz CT molecular complexity index is 977. The maximum Gasteiger partial charge on any atom is 0.381 e. The number of carbonyl (C=O) groups excluding carboxylic acids is 1. The van der Waals surface area contributed by atoms with Gasteiger partial charge in [-0.15, -0.1) is 11.3 Å². The van der Waals surface area contributed by atoms with Crippen LogP contribution in [-0.2, 0) is 4.79 Å². The van der Waals surface area contributed by atoms with Crippen molar-refractivity contribution < 1.29 is 9.72 Å². The van der Waals surface area contributed by atoms with E-state index in [0.29, 0.717) is 6.42 Å². The van der Waals surface area contributed by atoms with Gasteiger partial charge in [0.05, 0.1) is 0 Å². The van der Waals surface area contributed by atoms with E-state index in [2.05, 4.69) is 4.98 Å². The monoisotopic (exact) mass is 365 g/mol. The van der Waals surface area contributed by atoms with Crippen LogP contribution in [0.3, 0.4) is 0 Å². The number of hydrogen-bond donors (Lipinski definition) is 0. The zero-order valence-corrected chi connectivity index (χ0v) is 14.5. The summed E-state index contributed by atoms with van der Waals surface area (Å²) >= 11 is 1.60. The molecular formula is C19H15N3O3S. The Morgan fingerprint density at radius 1 is 1.19 bits per heavy atom. The lowest BCUT2D eigenvalue weighted by Gasteiger charge is -2.30. The third-order valence-corrected chi connectivity index (χ3v) is 5.54. The minimum Gasteiger partial charge on any atom is -0.358 e. The van der Waals surface area contributed by atoms with Crippen LogP contribution in [0, 0.1) is 10.1 Å². The molecule has 0 saturated carbocycles. The lowest BCUT2D eigenvalue weighted by molar-refractivity contribution is -0.389. The molecule has 0 radical (unpaired) electrons. The molecule has 0 bridgehead atoms. The molecule has 7 heteroatoms. The van der Waals surface area contributed by atoms with Gasteiger partial charge in [0.2, 0.25) is 6.33 Å². The Labute approximate surface area is 153 Å². The van der Waals surface area contributed by atoms with Gasteiger partial charge in [-0.3, -0.25) is 9.36 Å². The summed E-state index contributed by atoms with van der Waals surface area (Å²) in [5.74, 6) is -0.432. The highest BCUT2D eigenvalue weighted by Gasteiger charge is 2.36. The average molecular weight is 365 g/mol. The molecule has 26 heavy (non-hydrogen) atoms. The summed E-state index contributed by atoms with van der Waals surface area (Å²) in [7, 11) is 0. The van der Waals surface area contributed by atoms with E-state index < -0.39 is 11.0 Å². The third-order valence-electron chi connectivity index (χ3n) is 4.59. The van der Waals surface area contributed by atoms with Crippen molar-refractivity contribution in [3.05, 3.63) is 87.0 Å². The summed E-state index contributed by atoms with van der Waals surface area (Å²) in [5, 5.41) is 13.0. The Kier molecular flexibility index (Phi) is 4.22. The third kappa shape index (κ3) is 2.97. The molecule has 0 saturated heterocycles. The van der Waals surface area contributed by atoms with E-state index in [-0.39, 0.29) is 17.5 Å². The second-order valence-corrected chi connectivity index (χ2v) is 7.10. The van der Waals surface area contributed by atoms with Crippen LogP contribution in [0.25, 0.3) is 5.57 Å². The minimum absolute atomic E-state index is 0.0687. The number of carbonyl (C=O) groups is 1. The normalized spacial score (nSPS) is 20.0. The van der Waals surface area contributed by atoms with Crippen LogP contribution in [0.4, 0.5) is 5.82 Å². The molecule has 1 aliphatic rings. The molecule has 1 aliphatic carbocycles. The first-order chi connectivity index (χ1) is 12.6. The Hall–Kier alpha value is -3.06. The molecule has 2 atom stereocenters. The van der Waals surface area contributed by atoms with Gasteiger partial charge in [-0.05, 0) is 45.0 Å². The lowest BCUT2D eigenvalue weighted by Crippen LogP contribution is -2.28. The summed E-state index contributed by atoms with van der Waals surface area (Å²) in [6.45, 7) is 0. The highest BCUT2D eigenvalue weighted by Crippen LogP contribution is 2.43. The Morgan fingerprint density at radius 3 is 2.65 bits per heavy atom. The second kappa shape index (κ2) is 6.68. The Balaban J connectivity index is 1.78. The van der Waals surface area contributed by atoms with Crippen molar-refractivity contribution >= 4 is 28.5 Å². The number of ketones is 1. The number of hydrogen-bond acceptors (Lipinski definition) is 5. The van der Waals surface area contributed by atoms with Gasteiger partial charge in [0.25, 0.3) is 0 Å². The van der Waals surface area contributed by atoms with Crippen molar-refractivity contribution in [2.24, 2.45) is 0 Å². The highest BCUT2D eigenvalue weighted by atomic mass is 32.1. The van der Waals surface area contributed by atoms with Crippen LogP contribution in [-0.4, -0.2) is 20.3 Å². The number of allylic oxidation sites excluding steroid dienone is 2. The molecule has 2 heterocycles. The zero-order valence-electron chi connectivity index (χ0n) is 13.7. The standard InChI is InChI=1S/C19H15N3O3S/c23-16-10-14(17-7-4-8-26-17)9-15(13-5-2-1-3-6-13)19(16)21-11-18(20-12-21)22(24)25/h1-8,10-12,15,19H,9H2/t15-,19+/m0/s1. The van der Waals surface area contributed by atoms with Gasteiger partial charge in [-0.2, -0.15) is 0 Å². The predicted molar refractivity (Wildman–Crippen MR) is 99.0 cm³/mol. The smallest absolute Gasteiger partial charge is 0.358 e. The van der Waals surface area contributed by atoms with Crippen LogP contribution < -0.4 is 0 Å². The number of benzene rings is 1. The minimum atomic E-state index is -0.547.